The Morgan fingerprint density at radius 1 is 0.769 bits per heavy atom. The monoisotopic (exact) mass is 720 g/mol. The highest BCUT2D eigenvalue weighted by Crippen LogP contribution is 2.42. The first kappa shape index (κ1) is 36.8. The lowest BCUT2D eigenvalue weighted by molar-refractivity contribution is -0.143. The highest BCUT2D eigenvalue weighted by atomic mass is 16.5. The van der Waals surface area contributed by atoms with Crippen molar-refractivity contribution in [2.24, 2.45) is 23.7 Å². The molecule has 6 heterocycles. The molecule has 9 unspecified atom stereocenters. The molecule has 0 radical (unpaired) electrons. The van der Waals surface area contributed by atoms with Crippen molar-refractivity contribution in [3.05, 3.63) is 25.3 Å². The molecule has 2 aliphatic heterocycles. The Labute approximate surface area is 301 Å². The van der Waals surface area contributed by atoms with Crippen LogP contribution in [0.3, 0.4) is 0 Å². The second kappa shape index (κ2) is 15.7. The first-order valence-corrected chi connectivity index (χ1v) is 17.9. The summed E-state index contributed by atoms with van der Waals surface area (Å²) in [5.41, 5.74) is 1.96. The number of hydrogen-bond donors (Lipinski definition) is 4. The average Bonchev–Trinajstić information content (AvgIpc) is 3.89. The SMILES string of the molecule is CCC1OC(n2cnc3c(NC(=O)NCCCCC(NC(=O)Nc4ncnc5c4ncn5C4OC(C)C(C)C4C)C(=O)OC)ncnc32)C(C)C1C. The number of carbonyl (C=O) groups excluding carboxylic acids is 3. The van der Waals surface area contributed by atoms with Crippen LogP contribution in [-0.2, 0) is 19.0 Å². The standard InChI is InChI=1S/C34H48N12O6/c1-8-23-18(3)20(5)31(52-23)46-16-41-24-26(36-13-39-29(24)46)43-33(48)35-12-10-9-11-22(32(47)50-7)42-34(49)44-27-25-28(38-14-37-27)45(15-40-25)30-19(4)17(2)21(6)51-30/h13-23,30-31H,8-12H2,1-7H3,(H2,35,36,39,43,48)(H2,37,38,42,44,49). The summed E-state index contributed by atoms with van der Waals surface area (Å²) in [6, 6.07) is -2.04. The number of unbranched alkanes of at least 4 members (excludes halogenated alkanes) is 1. The predicted molar refractivity (Wildman–Crippen MR) is 190 cm³/mol. The minimum atomic E-state index is -0.934. The Morgan fingerprint density at radius 2 is 1.35 bits per heavy atom. The number of nitrogens with zero attached hydrogens (tertiary/aromatic N) is 8. The van der Waals surface area contributed by atoms with Gasteiger partial charge in [-0.05, 0) is 44.4 Å². The van der Waals surface area contributed by atoms with Crippen molar-refractivity contribution in [1.82, 2.24) is 49.7 Å². The zero-order chi connectivity index (χ0) is 37.1. The lowest BCUT2D eigenvalue weighted by atomic mass is 9.91. The molecule has 0 aromatic carbocycles. The van der Waals surface area contributed by atoms with Gasteiger partial charge in [0.1, 0.15) is 31.2 Å². The van der Waals surface area contributed by atoms with Crippen LogP contribution < -0.4 is 21.3 Å². The van der Waals surface area contributed by atoms with Gasteiger partial charge in [-0.2, -0.15) is 0 Å². The lowest BCUT2D eigenvalue weighted by Gasteiger charge is -2.18. The third-order valence-corrected chi connectivity index (χ3v) is 10.7. The first-order chi connectivity index (χ1) is 25.0. The van der Waals surface area contributed by atoms with E-state index in [-0.39, 0.29) is 54.6 Å². The minimum Gasteiger partial charge on any atom is -0.467 e. The predicted octanol–water partition coefficient (Wildman–Crippen LogP) is 4.39. The summed E-state index contributed by atoms with van der Waals surface area (Å²) in [4.78, 5) is 64.5. The molecule has 4 N–H and O–H groups in total. The van der Waals surface area contributed by atoms with E-state index in [0.717, 1.165) is 6.42 Å². The third-order valence-electron chi connectivity index (χ3n) is 10.7. The largest absolute Gasteiger partial charge is 0.467 e. The van der Waals surface area contributed by atoms with Crippen LogP contribution in [0.1, 0.15) is 79.7 Å². The first-order valence-electron chi connectivity index (χ1n) is 17.9. The van der Waals surface area contributed by atoms with Gasteiger partial charge in [-0.1, -0.05) is 34.6 Å². The van der Waals surface area contributed by atoms with Gasteiger partial charge in [0.15, 0.2) is 34.0 Å². The molecule has 9 atom stereocenters. The number of esters is 1. The van der Waals surface area contributed by atoms with Crippen LogP contribution in [0.5, 0.6) is 0 Å². The van der Waals surface area contributed by atoms with Gasteiger partial charge in [-0.3, -0.25) is 19.8 Å². The fourth-order valence-corrected chi connectivity index (χ4v) is 7.07. The summed E-state index contributed by atoms with van der Waals surface area (Å²) in [6.07, 6.45) is 8.03. The van der Waals surface area contributed by atoms with E-state index in [1.165, 1.54) is 19.8 Å². The fourth-order valence-electron chi connectivity index (χ4n) is 7.07. The van der Waals surface area contributed by atoms with E-state index < -0.39 is 24.1 Å². The molecule has 18 nitrogen and oxygen atoms in total. The lowest BCUT2D eigenvalue weighted by Crippen LogP contribution is -2.43. The summed E-state index contributed by atoms with van der Waals surface area (Å²) >= 11 is 0. The second-order valence-electron chi connectivity index (χ2n) is 13.8. The van der Waals surface area contributed by atoms with Gasteiger partial charge in [0.25, 0.3) is 0 Å². The van der Waals surface area contributed by atoms with Crippen molar-refractivity contribution < 1.29 is 28.6 Å². The number of amides is 4. The topological polar surface area (TPSA) is 214 Å². The van der Waals surface area contributed by atoms with Gasteiger partial charge < -0.3 is 24.8 Å². The summed E-state index contributed by atoms with van der Waals surface area (Å²) in [5, 5.41) is 10.9. The van der Waals surface area contributed by atoms with E-state index in [0.29, 0.717) is 53.5 Å². The smallest absolute Gasteiger partial charge is 0.328 e. The number of methoxy groups -OCH3 is 1. The third kappa shape index (κ3) is 7.34. The summed E-state index contributed by atoms with van der Waals surface area (Å²) in [5.74, 6) is 1.10. The highest BCUT2D eigenvalue weighted by Gasteiger charge is 2.40. The Morgan fingerprint density at radius 3 is 1.88 bits per heavy atom. The maximum Gasteiger partial charge on any atom is 0.328 e. The van der Waals surface area contributed by atoms with Crippen molar-refractivity contribution in [1.29, 1.82) is 0 Å². The van der Waals surface area contributed by atoms with Crippen LogP contribution in [-0.4, -0.2) is 89.0 Å². The number of rotatable bonds is 12. The molecule has 0 aliphatic carbocycles. The molecule has 2 saturated heterocycles. The van der Waals surface area contributed by atoms with E-state index in [1.54, 1.807) is 12.7 Å². The van der Waals surface area contributed by atoms with Crippen LogP contribution in [0.25, 0.3) is 22.3 Å². The van der Waals surface area contributed by atoms with Crippen LogP contribution >= 0.6 is 0 Å². The average molecular weight is 721 g/mol. The van der Waals surface area contributed by atoms with Gasteiger partial charge >= 0.3 is 18.0 Å². The Balaban J connectivity index is 0.990. The van der Waals surface area contributed by atoms with Crippen molar-refractivity contribution in [3.8, 4) is 0 Å². The molecule has 0 bridgehead atoms. The summed E-state index contributed by atoms with van der Waals surface area (Å²) < 4.78 is 21.2. The molecular formula is C34H48N12O6. The molecule has 0 spiro atoms. The summed E-state index contributed by atoms with van der Waals surface area (Å²) in [7, 11) is 1.26. The number of aromatic nitrogens is 8. The van der Waals surface area contributed by atoms with E-state index in [4.69, 9.17) is 14.2 Å². The Hall–Kier alpha value is -4.97. The van der Waals surface area contributed by atoms with E-state index >= 15 is 0 Å². The number of fused-ring (bicyclic) bond motifs is 2. The Bertz CT molecular complexity index is 1900. The maximum absolute atomic E-state index is 13.0. The highest BCUT2D eigenvalue weighted by molar-refractivity contribution is 5.97. The zero-order valence-corrected chi connectivity index (χ0v) is 30.6. The molecule has 2 fully saturated rings. The van der Waals surface area contributed by atoms with Crippen LogP contribution in [0, 0.1) is 23.7 Å². The normalized spacial score (nSPS) is 26.4. The van der Waals surface area contributed by atoms with Gasteiger partial charge in [0, 0.05) is 18.4 Å². The number of carbonyl (C=O) groups is 3. The molecule has 4 aromatic heterocycles. The maximum atomic E-state index is 13.0. The molecule has 280 valence electrons. The molecule has 2 aliphatic rings. The van der Waals surface area contributed by atoms with E-state index in [9.17, 15) is 14.4 Å². The summed E-state index contributed by atoms with van der Waals surface area (Å²) in [6.45, 7) is 13.1. The fraction of sp³-hybridized carbons (Fsp3) is 0.618. The number of nitrogens with one attached hydrogen (secondary N) is 4. The molecule has 18 heteroatoms. The molecule has 6 rings (SSSR count). The van der Waals surface area contributed by atoms with Crippen molar-refractivity contribution in [2.75, 3.05) is 24.3 Å². The van der Waals surface area contributed by atoms with Crippen molar-refractivity contribution in [3.63, 3.8) is 0 Å². The van der Waals surface area contributed by atoms with Crippen LogP contribution in [0.15, 0.2) is 25.3 Å². The van der Waals surface area contributed by atoms with Crippen molar-refractivity contribution >= 4 is 52.0 Å². The van der Waals surface area contributed by atoms with Gasteiger partial charge in [0.05, 0.1) is 32.0 Å². The quantitative estimate of drug-likeness (QED) is 0.118. The van der Waals surface area contributed by atoms with Gasteiger partial charge in [-0.25, -0.2) is 44.3 Å². The van der Waals surface area contributed by atoms with Crippen LogP contribution in [0.2, 0.25) is 0 Å². The van der Waals surface area contributed by atoms with Gasteiger partial charge in [0.2, 0.25) is 0 Å². The van der Waals surface area contributed by atoms with Crippen molar-refractivity contribution in [2.45, 2.75) is 97.9 Å². The van der Waals surface area contributed by atoms with E-state index in [1.807, 2.05) is 16.1 Å². The number of urea groups is 2. The number of hydrogen-bond acceptors (Lipinski definition) is 12. The number of ether oxygens (including phenoxy) is 3. The van der Waals surface area contributed by atoms with E-state index in [2.05, 4.69) is 85.8 Å². The van der Waals surface area contributed by atoms with Crippen LogP contribution in [0.4, 0.5) is 21.2 Å². The second-order valence-corrected chi connectivity index (χ2v) is 13.8. The number of anilines is 2. The minimum absolute atomic E-state index is 0.0809. The molecule has 52 heavy (non-hydrogen) atoms. The molecule has 0 saturated carbocycles. The Kier molecular flexibility index (Phi) is 11.1. The molecular weight excluding hydrogens is 672 g/mol. The number of imidazole rings is 2. The van der Waals surface area contributed by atoms with Gasteiger partial charge in [-0.15, -0.1) is 0 Å². The molecule has 4 aromatic rings. The molecule has 4 amide bonds. The zero-order valence-electron chi connectivity index (χ0n) is 30.6.